The second-order valence-corrected chi connectivity index (χ2v) is 6.13. The van der Waals surface area contributed by atoms with Crippen LogP contribution < -0.4 is 5.56 Å². The molecule has 0 saturated carbocycles. The zero-order valence-electron chi connectivity index (χ0n) is 14.8. The van der Waals surface area contributed by atoms with Crippen LogP contribution in [-0.2, 0) is 0 Å². The molecule has 0 bridgehead atoms. The van der Waals surface area contributed by atoms with Gasteiger partial charge in [-0.2, -0.15) is 9.78 Å². The van der Waals surface area contributed by atoms with E-state index in [1.54, 1.807) is 31.3 Å². The van der Waals surface area contributed by atoms with Gasteiger partial charge in [0.25, 0.3) is 11.5 Å². The molecule has 138 valence electrons. The number of carbonyl (C=O) groups excluding carboxylic acids is 1. The van der Waals surface area contributed by atoms with Gasteiger partial charge in [-0.1, -0.05) is 12.1 Å². The Bertz CT molecular complexity index is 1030. The Morgan fingerprint density at radius 1 is 1.15 bits per heavy atom. The smallest absolute Gasteiger partial charge is 0.274 e. The van der Waals surface area contributed by atoms with Crippen molar-refractivity contribution in [1.29, 1.82) is 0 Å². The van der Waals surface area contributed by atoms with E-state index in [-0.39, 0.29) is 23.4 Å². The first-order chi connectivity index (χ1) is 12.9. The highest BCUT2D eigenvalue weighted by atomic mass is 19.1. The standard InChI is InChI=1S/C20H18FN3O3/c1-13(14-4-3-5-17(25)12-14)23(2)20(27)18-10-11-19(26)24(22-18)16-8-6-15(21)7-9-16/h3-13,25H,1-2H3/t13-/m1/s1. The van der Waals surface area contributed by atoms with Crippen LogP contribution in [0.3, 0.4) is 0 Å². The average molecular weight is 367 g/mol. The molecule has 6 nitrogen and oxygen atoms in total. The molecule has 1 amide bonds. The highest BCUT2D eigenvalue weighted by Gasteiger charge is 2.21. The molecule has 1 aromatic heterocycles. The van der Waals surface area contributed by atoms with Gasteiger partial charge < -0.3 is 10.0 Å². The number of phenolic OH excluding ortho intramolecular Hbond substituents is 1. The molecule has 0 aliphatic rings. The van der Waals surface area contributed by atoms with Crippen molar-refractivity contribution in [3.63, 3.8) is 0 Å². The predicted molar refractivity (Wildman–Crippen MR) is 98.4 cm³/mol. The first-order valence-electron chi connectivity index (χ1n) is 8.29. The molecule has 0 radical (unpaired) electrons. The van der Waals surface area contributed by atoms with Crippen molar-refractivity contribution < 1.29 is 14.3 Å². The van der Waals surface area contributed by atoms with Gasteiger partial charge in [0.2, 0.25) is 0 Å². The van der Waals surface area contributed by atoms with Gasteiger partial charge in [0, 0.05) is 13.1 Å². The number of rotatable bonds is 4. The molecule has 1 N–H and O–H groups in total. The van der Waals surface area contributed by atoms with Crippen LogP contribution in [0.15, 0.2) is 65.5 Å². The number of halogens is 1. The van der Waals surface area contributed by atoms with Gasteiger partial charge in [-0.25, -0.2) is 4.39 Å². The Morgan fingerprint density at radius 3 is 2.52 bits per heavy atom. The Kier molecular flexibility index (Phi) is 5.03. The van der Waals surface area contributed by atoms with Crippen LogP contribution in [0.5, 0.6) is 5.75 Å². The lowest BCUT2D eigenvalue weighted by Crippen LogP contribution is -2.32. The summed E-state index contributed by atoms with van der Waals surface area (Å²) in [7, 11) is 1.62. The molecule has 2 aromatic carbocycles. The van der Waals surface area contributed by atoms with E-state index in [1.165, 1.54) is 41.3 Å². The minimum Gasteiger partial charge on any atom is -0.508 e. The summed E-state index contributed by atoms with van der Waals surface area (Å²) in [6, 6.07) is 14.2. The minimum absolute atomic E-state index is 0.0772. The van der Waals surface area contributed by atoms with E-state index in [0.29, 0.717) is 5.69 Å². The minimum atomic E-state index is -0.432. The molecule has 0 spiro atoms. The predicted octanol–water partition coefficient (Wildman–Crippen LogP) is 2.91. The summed E-state index contributed by atoms with van der Waals surface area (Å²) in [4.78, 5) is 26.4. The van der Waals surface area contributed by atoms with Gasteiger partial charge in [0.05, 0.1) is 11.7 Å². The monoisotopic (exact) mass is 367 g/mol. The van der Waals surface area contributed by atoms with E-state index in [2.05, 4.69) is 5.10 Å². The van der Waals surface area contributed by atoms with Gasteiger partial charge in [-0.15, -0.1) is 0 Å². The fourth-order valence-corrected chi connectivity index (χ4v) is 2.66. The maximum atomic E-state index is 13.1. The van der Waals surface area contributed by atoms with Crippen LogP contribution in [-0.4, -0.2) is 32.7 Å². The summed E-state index contributed by atoms with van der Waals surface area (Å²) in [6.45, 7) is 1.82. The van der Waals surface area contributed by atoms with E-state index >= 15 is 0 Å². The van der Waals surface area contributed by atoms with Crippen LogP contribution in [0.25, 0.3) is 5.69 Å². The highest BCUT2D eigenvalue weighted by Crippen LogP contribution is 2.23. The highest BCUT2D eigenvalue weighted by molar-refractivity contribution is 5.92. The number of hydrogen-bond donors (Lipinski definition) is 1. The van der Waals surface area contributed by atoms with Crippen LogP contribution in [0, 0.1) is 5.82 Å². The molecule has 0 aliphatic heterocycles. The third-order valence-electron chi connectivity index (χ3n) is 4.34. The van der Waals surface area contributed by atoms with Crippen molar-refractivity contribution >= 4 is 5.91 Å². The Balaban J connectivity index is 1.91. The third-order valence-corrected chi connectivity index (χ3v) is 4.34. The summed E-state index contributed by atoms with van der Waals surface area (Å²) >= 11 is 0. The van der Waals surface area contributed by atoms with Crippen molar-refractivity contribution in [3.05, 3.63) is 88.1 Å². The number of hydrogen-bond acceptors (Lipinski definition) is 4. The molecule has 0 saturated heterocycles. The first kappa shape index (κ1) is 18.3. The number of carbonyl (C=O) groups is 1. The maximum absolute atomic E-state index is 13.1. The summed E-state index contributed by atoms with van der Waals surface area (Å²) < 4.78 is 14.2. The number of benzene rings is 2. The third kappa shape index (κ3) is 3.87. The number of phenols is 1. The lowest BCUT2D eigenvalue weighted by atomic mass is 10.1. The van der Waals surface area contributed by atoms with Gasteiger partial charge >= 0.3 is 0 Å². The molecule has 3 aromatic rings. The fraction of sp³-hybridized carbons (Fsp3) is 0.150. The first-order valence-corrected chi connectivity index (χ1v) is 8.29. The molecular weight excluding hydrogens is 349 g/mol. The number of amides is 1. The van der Waals surface area contributed by atoms with E-state index < -0.39 is 11.4 Å². The van der Waals surface area contributed by atoms with Crippen molar-refractivity contribution in [1.82, 2.24) is 14.7 Å². The number of aromatic nitrogens is 2. The largest absolute Gasteiger partial charge is 0.508 e. The second kappa shape index (κ2) is 7.41. The van der Waals surface area contributed by atoms with Crippen molar-refractivity contribution in [2.45, 2.75) is 13.0 Å². The Hall–Kier alpha value is -3.48. The quantitative estimate of drug-likeness (QED) is 0.769. The number of nitrogens with zero attached hydrogens (tertiary/aromatic N) is 3. The van der Waals surface area contributed by atoms with Gasteiger partial charge in [-0.05, 0) is 55.0 Å². The van der Waals surface area contributed by atoms with Gasteiger partial charge in [0.1, 0.15) is 17.3 Å². The zero-order valence-corrected chi connectivity index (χ0v) is 14.8. The second-order valence-electron chi connectivity index (χ2n) is 6.13. The summed E-state index contributed by atoms with van der Waals surface area (Å²) in [5, 5.41) is 13.8. The molecule has 1 atom stereocenters. The average Bonchev–Trinajstić information content (AvgIpc) is 2.67. The van der Waals surface area contributed by atoms with Crippen LogP contribution in [0.1, 0.15) is 29.0 Å². The van der Waals surface area contributed by atoms with E-state index in [9.17, 15) is 19.1 Å². The van der Waals surface area contributed by atoms with Crippen molar-refractivity contribution in [2.75, 3.05) is 7.05 Å². The van der Waals surface area contributed by atoms with E-state index in [0.717, 1.165) is 10.2 Å². The van der Waals surface area contributed by atoms with Crippen molar-refractivity contribution in [2.24, 2.45) is 0 Å². The normalized spacial score (nSPS) is 11.8. The molecular formula is C20H18FN3O3. The molecule has 7 heteroatoms. The topological polar surface area (TPSA) is 75.4 Å². The molecule has 0 unspecified atom stereocenters. The van der Waals surface area contributed by atoms with Crippen LogP contribution in [0.2, 0.25) is 0 Å². The summed E-state index contributed by atoms with van der Waals surface area (Å²) in [5.41, 5.74) is 0.771. The fourth-order valence-electron chi connectivity index (χ4n) is 2.66. The molecule has 0 fully saturated rings. The maximum Gasteiger partial charge on any atom is 0.274 e. The Labute approximate surface area is 155 Å². The number of aromatic hydroxyl groups is 1. The molecule has 1 heterocycles. The van der Waals surface area contributed by atoms with E-state index in [4.69, 9.17) is 0 Å². The van der Waals surface area contributed by atoms with Crippen LogP contribution >= 0.6 is 0 Å². The van der Waals surface area contributed by atoms with E-state index in [1.807, 2.05) is 6.92 Å². The van der Waals surface area contributed by atoms with Gasteiger partial charge in [0.15, 0.2) is 0 Å². The molecule has 3 rings (SSSR count). The molecule has 27 heavy (non-hydrogen) atoms. The van der Waals surface area contributed by atoms with Crippen molar-refractivity contribution in [3.8, 4) is 11.4 Å². The summed E-state index contributed by atoms with van der Waals surface area (Å²) in [5.74, 6) is -0.705. The van der Waals surface area contributed by atoms with Gasteiger partial charge in [-0.3, -0.25) is 9.59 Å². The SMILES string of the molecule is C[C@H](c1cccc(O)c1)N(C)C(=O)c1ccc(=O)n(-c2ccc(F)cc2)n1. The lowest BCUT2D eigenvalue weighted by molar-refractivity contribution is 0.0734. The lowest BCUT2D eigenvalue weighted by Gasteiger charge is -2.25. The van der Waals surface area contributed by atoms with Crippen LogP contribution in [0.4, 0.5) is 4.39 Å². The molecule has 0 aliphatic carbocycles. The zero-order chi connectivity index (χ0) is 19.6. The Morgan fingerprint density at radius 2 is 1.85 bits per heavy atom. The summed E-state index contributed by atoms with van der Waals surface area (Å²) in [6.07, 6.45) is 0.